The number of hydrogen-bond donors (Lipinski definition) is 3. The Morgan fingerprint density at radius 2 is 1.98 bits per heavy atom. The number of pyridine rings is 1. The van der Waals surface area contributed by atoms with Crippen molar-refractivity contribution in [1.29, 1.82) is 0 Å². The van der Waals surface area contributed by atoms with Crippen molar-refractivity contribution in [3.63, 3.8) is 0 Å². The fourth-order valence-electron chi connectivity index (χ4n) is 6.27. The van der Waals surface area contributed by atoms with E-state index in [-0.39, 0.29) is 45.5 Å². The minimum absolute atomic E-state index is 0.00586. The Morgan fingerprint density at radius 1 is 1.19 bits per heavy atom. The predicted octanol–water partition coefficient (Wildman–Crippen LogP) is 2.74. The molecule has 1 unspecified atom stereocenters. The number of carbonyl (C=O) groups excluding carboxylic acids is 2. The summed E-state index contributed by atoms with van der Waals surface area (Å²) in [6, 6.07) is 3.66. The van der Waals surface area contributed by atoms with E-state index < -0.39 is 40.5 Å². The normalized spacial score (nSPS) is 16.5. The van der Waals surface area contributed by atoms with Gasteiger partial charge in [0.05, 0.1) is 23.2 Å². The van der Waals surface area contributed by atoms with Crippen molar-refractivity contribution in [1.82, 2.24) is 24.0 Å². The molecule has 0 bridgehead atoms. The van der Waals surface area contributed by atoms with Crippen LogP contribution in [0.2, 0.25) is 5.02 Å². The number of hydrogen-bond acceptors (Lipinski definition) is 9. The van der Waals surface area contributed by atoms with E-state index in [0.29, 0.717) is 57.3 Å². The monoisotopic (exact) mass is 670 g/mol. The van der Waals surface area contributed by atoms with Crippen LogP contribution in [0.4, 0.5) is 20.3 Å². The Morgan fingerprint density at radius 3 is 2.70 bits per heavy atom. The Hall–Kier alpha value is -4.60. The second-order valence-corrected chi connectivity index (χ2v) is 12.1. The van der Waals surface area contributed by atoms with Gasteiger partial charge < -0.3 is 30.4 Å². The summed E-state index contributed by atoms with van der Waals surface area (Å²) in [6.45, 7) is 5.43. The highest BCUT2D eigenvalue weighted by Crippen LogP contribution is 2.34. The van der Waals surface area contributed by atoms with Crippen LogP contribution in [0.25, 0.3) is 22.2 Å². The zero-order valence-electron chi connectivity index (χ0n) is 25.7. The molecule has 0 spiro atoms. The van der Waals surface area contributed by atoms with Gasteiger partial charge in [0, 0.05) is 70.1 Å². The predicted molar refractivity (Wildman–Crippen MR) is 171 cm³/mol. The van der Waals surface area contributed by atoms with Crippen molar-refractivity contribution in [2.24, 2.45) is 5.73 Å². The maximum absolute atomic E-state index is 15.0. The van der Waals surface area contributed by atoms with Crippen molar-refractivity contribution in [2.45, 2.75) is 38.9 Å². The molecular formula is C31H33ClF2N8O5. The van der Waals surface area contributed by atoms with Crippen LogP contribution in [0.15, 0.2) is 29.2 Å². The molecule has 1 fully saturated rings. The first kappa shape index (κ1) is 32.3. The van der Waals surface area contributed by atoms with E-state index in [1.807, 2.05) is 11.8 Å². The third-order valence-electron chi connectivity index (χ3n) is 8.59. The average molecular weight is 671 g/mol. The number of aryl methyl sites for hydroxylation is 1. The molecule has 4 N–H and O–H groups in total. The highest BCUT2D eigenvalue weighted by atomic mass is 35.5. The number of anilines is 2. The standard InChI is InChI=1S/C31H33ClF2N8O5/c1-16-13-39(8-9-47-2)6-7-41(16)23-12-21(26(32)28(34)37-23)36-24(43)15-40-14-19(17-10-18(29(35)45)27(44)20(33)11-17)25-30(40)38-22-4-3-5-42(22)31(25)46/h10-12,14,16,44H,3-9,13,15H2,1-2H3,(H2,35,45)(H,36,37,43). The molecule has 13 nitrogen and oxygen atoms in total. The van der Waals surface area contributed by atoms with Gasteiger partial charge in [-0.05, 0) is 31.0 Å². The van der Waals surface area contributed by atoms with Gasteiger partial charge >= 0.3 is 0 Å². The summed E-state index contributed by atoms with van der Waals surface area (Å²) in [7, 11) is 1.65. The maximum atomic E-state index is 15.0. The molecule has 1 aromatic carbocycles. The van der Waals surface area contributed by atoms with E-state index in [9.17, 15) is 28.3 Å². The molecule has 248 valence electrons. The molecule has 2 aliphatic heterocycles. The number of aromatic nitrogens is 4. The van der Waals surface area contributed by atoms with Crippen LogP contribution in [0.5, 0.6) is 5.75 Å². The van der Waals surface area contributed by atoms with Crippen LogP contribution >= 0.6 is 11.6 Å². The number of piperazine rings is 1. The van der Waals surface area contributed by atoms with Crippen LogP contribution in [0.3, 0.4) is 0 Å². The second-order valence-electron chi connectivity index (χ2n) is 11.7. The molecule has 47 heavy (non-hydrogen) atoms. The Labute approximate surface area is 272 Å². The number of primary amides is 1. The number of benzene rings is 1. The average Bonchev–Trinajstić information content (AvgIpc) is 3.65. The summed E-state index contributed by atoms with van der Waals surface area (Å²) >= 11 is 6.25. The van der Waals surface area contributed by atoms with Crippen LogP contribution in [-0.2, 0) is 29.0 Å². The number of rotatable bonds is 9. The summed E-state index contributed by atoms with van der Waals surface area (Å²) in [5, 5.41) is 12.4. The highest BCUT2D eigenvalue weighted by molar-refractivity contribution is 6.33. The molecule has 2 aliphatic rings. The van der Waals surface area contributed by atoms with Gasteiger partial charge in [0.25, 0.3) is 11.5 Å². The number of nitrogens with one attached hydrogen (secondary N) is 1. The number of nitrogens with zero attached hydrogens (tertiary/aromatic N) is 6. The van der Waals surface area contributed by atoms with Crippen LogP contribution in [0.1, 0.15) is 29.5 Å². The molecule has 2 amide bonds. The summed E-state index contributed by atoms with van der Waals surface area (Å²) in [6.07, 6.45) is 2.68. The van der Waals surface area contributed by atoms with Gasteiger partial charge in [0.1, 0.15) is 28.9 Å². The fraction of sp³-hybridized carbons (Fsp3) is 0.387. The first-order valence-corrected chi connectivity index (χ1v) is 15.4. The van der Waals surface area contributed by atoms with E-state index in [0.717, 1.165) is 12.6 Å². The lowest BCUT2D eigenvalue weighted by molar-refractivity contribution is -0.116. The molecule has 3 aromatic heterocycles. The molecular weight excluding hydrogens is 638 g/mol. The fourth-order valence-corrected chi connectivity index (χ4v) is 6.42. The maximum Gasteiger partial charge on any atom is 0.263 e. The van der Waals surface area contributed by atoms with E-state index in [1.165, 1.54) is 27.5 Å². The zero-order chi connectivity index (χ0) is 33.6. The number of fused-ring (bicyclic) bond motifs is 2. The van der Waals surface area contributed by atoms with Crippen LogP contribution in [0, 0.1) is 11.8 Å². The van der Waals surface area contributed by atoms with Gasteiger partial charge in [-0.15, -0.1) is 0 Å². The van der Waals surface area contributed by atoms with E-state index in [1.54, 1.807) is 7.11 Å². The summed E-state index contributed by atoms with van der Waals surface area (Å²) in [5.74, 6) is -3.79. The second kappa shape index (κ2) is 12.9. The quantitative estimate of drug-likeness (QED) is 0.228. The molecule has 5 heterocycles. The molecule has 1 saturated heterocycles. The number of methoxy groups -OCH3 is 1. The first-order chi connectivity index (χ1) is 22.5. The summed E-state index contributed by atoms with van der Waals surface area (Å²) < 4.78 is 37.8. The number of nitrogens with two attached hydrogens (primary N) is 1. The zero-order valence-corrected chi connectivity index (χ0v) is 26.5. The van der Waals surface area contributed by atoms with Crippen molar-refractivity contribution in [3.8, 4) is 16.9 Å². The lowest BCUT2D eigenvalue weighted by Gasteiger charge is -2.40. The van der Waals surface area contributed by atoms with Crippen molar-refractivity contribution < 1.29 is 28.2 Å². The number of carbonyl (C=O) groups is 2. The van der Waals surface area contributed by atoms with Crippen LogP contribution in [-0.4, -0.2) is 86.9 Å². The van der Waals surface area contributed by atoms with Crippen LogP contribution < -0.4 is 21.5 Å². The topological polar surface area (TPSA) is 161 Å². The summed E-state index contributed by atoms with van der Waals surface area (Å²) in [5.41, 5.74) is 4.93. The Kier molecular flexibility index (Phi) is 8.87. The molecule has 4 aromatic rings. The van der Waals surface area contributed by atoms with Crippen molar-refractivity contribution >= 4 is 46.0 Å². The Bertz CT molecular complexity index is 1960. The van der Waals surface area contributed by atoms with E-state index in [2.05, 4.69) is 20.2 Å². The number of halogens is 3. The summed E-state index contributed by atoms with van der Waals surface area (Å²) in [4.78, 5) is 51.9. The SMILES string of the molecule is COCCN1CCN(c2cc(NC(=O)Cn3cc(-c4cc(F)c(O)c(C(N)=O)c4)c4c(=O)n5c(nc43)CCC5)c(Cl)c(F)n2)C(C)C1. The molecule has 1 atom stereocenters. The highest BCUT2D eigenvalue weighted by Gasteiger charge is 2.28. The third-order valence-corrected chi connectivity index (χ3v) is 8.95. The molecule has 16 heteroatoms. The number of amides is 2. The largest absolute Gasteiger partial charge is 0.504 e. The smallest absolute Gasteiger partial charge is 0.263 e. The molecule has 0 aliphatic carbocycles. The minimum Gasteiger partial charge on any atom is -0.504 e. The van der Waals surface area contributed by atoms with Gasteiger partial charge in [0.2, 0.25) is 11.9 Å². The van der Waals surface area contributed by atoms with Crippen molar-refractivity contribution in [3.05, 3.63) is 62.9 Å². The van der Waals surface area contributed by atoms with Gasteiger partial charge in [-0.25, -0.2) is 14.4 Å². The first-order valence-electron chi connectivity index (χ1n) is 15.1. The van der Waals surface area contributed by atoms with Crippen molar-refractivity contribution in [2.75, 3.05) is 50.1 Å². The lowest BCUT2D eigenvalue weighted by Crippen LogP contribution is -2.53. The van der Waals surface area contributed by atoms with Gasteiger partial charge in [-0.2, -0.15) is 4.39 Å². The van der Waals surface area contributed by atoms with Gasteiger partial charge in [-0.1, -0.05) is 11.6 Å². The molecule has 0 saturated carbocycles. The molecule has 0 radical (unpaired) electrons. The number of ether oxygens (including phenoxy) is 1. The van der Waals surface area contributed by atoms with Gasteiger partial charge in [-0.3, -0.25) is 23.9 Å². The molecule has 6 rings (SSSR count). The van der Waals surface area contributed by atoms with E-state index in [4.69, 9.17) is 22.1 Å². The number of phenols is 1. The van der Waals surface area contributed by atoms with Gasteiger partial charge in [0.15, 0.2) is 11.6 Å². The Balaban J connectivity index is 1.33. The number of aromatic hydroxyl groups is 1. The van der Waals surface area contributed by atoms with E-state index >= 15 is 0 Å². The lowest BCUT2D eigenvalue weighted by atomic mass is 10.0. The minimum atomic E-state index is -1.11. The third kappa shape index (κ3) is 6.13.